The van der Waals surface area contributed by atoms with E-state index in [1.165, 1.54) is 0 Å². The Morgan fingerprint density at radius 3 is 2.50 bits per heavy atom. The van der Waals surface area contributed by atoms with Crippen molar-refractivity contribution in [1.29, 1.82) is 0 Å². The van der Waals surface area contributed by atoms with E-state index in [1.54, 1.807) is 17.6 Å². The van der Waals surface area contributed by atoms with Crippen molar-refractivity contribution < 1.29 is 14.8 Å². The summed E-state index contributed by atoms with van der Waals surface area (Å²) in [5.74, 6) is -0.665. The molecule has 150 valence electrons. The summed E-state index contributed by atoms with van der Waals surface area (Å²) < 4.78 is 0. The molecule has 6 nitrogen and oxygen atoms in total. The zero-order valence-corrected chi connectivity index (χ0v) is 16.2. The third-order valence-electron chi connectivity index (χ3n) is 5.03. The molecule has 4 N–H and O–H groups in total. The minimum Gasteiger partial charge on any atom is -0.361 e. The van der Waals surface area contributed by atoms with E-state index in [9.17, 15) is 9.59 Å². The Bertz CT molecular complexity index is 1200. The first-order valence-electron chi connectivity index (χ1n) is 9.60. The first kappa shape index (κ1) is 19.4. The van der Waals surface area contributed by atoms with Crippen LogP contribution in [0.3, 0.4) is 0 Å². The van der Waals surface area contributed by atoms with Gasteiger partial charge in [-0.25, -0.2) is 5.48 Å². The number of aromatic amines is 1. The molecule has 2 amide bonds. The Morgan fingerprint density at radius 1 is 0.933 bits per heavy atom. The summed E-state index contributed by atoms with van der Waals surface area (Å²) in [6.07, 6.45) is 2.14. The highest BCUT2D eigenvalue weighted by atomic mass is 16.5. The van der Waals surface area contributed by atoms with Gasteiger partial charge in [-0.2, -0.15) is 0 Å². The molecule has 1 aromatic heterocycles. The van der Waals surface area contributed by atoms with Gasteiger partial charge in [0.15, 0.2) is 0 Å². The number of hydrogen-bond donors (Lipinski definition) is 4. The molecule has 3 aromatic carbocycles. The molecule has 0 aliphatic heterocycles. The monoisotopic (exact) mass is 399 g/mol. The number of rotatable bonds is 6. The van der Waals surface area contributed by atoms with Gasteiger partial charge in [0.05, 0.1) is 6.42 Å². The Hall–Kier alpha value is -3.90. The van der Waals surface area contributed by atoms with Gasteiger partial charge in [-0.15, -0.1) is 0 Å². The topological polar surface area (TPSA) is 94.2 Å². The summed E-state index contributed by atoms with van der Waals surface area (Å²) in [4.78, 5) is 27.7. The molecule has 0 fully saturated rings. The Morgan fingerprint density at radius 2 is 1.70 bits per heavy atom. The molecular weight excluding hydrogens is 378 g/mol. The maximum atomic E-state index is 12.5. The fourth-order valence-electron chi connectivity index (χ4n) is 3.53. The van der Waals surface area contributed by atoms with Crippen LogP contribution in [0.2, 0.25) is 0 Å². The molecule has 0 saturated carbocycles. The van der Waals surface area contributed by atoms with Crippen LogP contribution in [0.1, 0.15) is 21.5 Å². The van der Waals surface area contributed by atoms with Crippen LogP contribution >= 0.6 is 0 Å². The predicted molar refractivity (Wildman–Crippen MR) is 115 cm³/mol. The lowest BCUT2D eigenvalue weighted by Gasteiger charge is -2.12. The standard InChI is InChI=1S/C24H21N3O3/c28-23(13-18-15-25-22-9-5-4-8-19(18)22)26-14-16-10-11-20(24(29)27-30)21(12-16)17-6-2-1-3-7-17/h1-12,15,25,30H,13-14H2,(H,26,28)(H,27,29). The number of para-hydroxylation sites is 1. The molecule has 0 saturated heterocycles. The van der Waals surface area contributed by atoms with E-state index in [0.29, 0.717) is 17.7 Å². The molecule has 0 bridgehead atoms. The summed E-state index contributed by atoms with van der Waals surface area (Å²) in [6.45, 7) is 0.335. The summed E-state index contributed by atoms with van der Waals surface area (Å²) in [5, 5.41) is 13.0. The van der Waals surface area contributed by atoms with Crippen molar-refractivity contribution in [3.05, 3.63) is 95.7 Å². The van der Waals surface area contributed by atoms with Gasteiger partial charge in [-0.1, -0.05) is 54.6 Å². The largest absolute Gasteiger partial charge is 0.361 e. The molecule has 0 aliphatic carbocycles. The first-order chi connectivity index (χ1) is 14.7. The number of benzene rings is 3. The molecule has 0 unspecified atom stereocenters. The normalized spacial score (nSPS) is 10.7. The Balaban J connectivity index is 1.50. The number of nitrogens with one attached hydrogen (secondary N) is 3. The second-order valence-corrected chi connectivity index (χ2v) is 7.00. The van der Waals surface area contributed by atoms with Gasteiger partial charge in [0.25, 0.3) is 5.91 Å². The van der Waals surface area contributed by atoms with Gasteiger partial charge in [0.1, 0.15) is 0 Å². The molecular formula is C24H21N3O3. The SMILES string of the molecule is O=C(Cc1c[nH]c2ccccc12)NCc1ccc(C(=O)NO)c(-c2ccccc2)c1. The average molecular weight is 399 g/mol. The van der Waals surface area contributed by atoms with Gasteiger partial charge in [0, 0.05) is 29.2 Å². The van der Waals surface area contributed by atoms with Crippen molar-refractivity contribution in [2.45, 2.75) is 13.0 Å². The van der Waals surface area contributed by atoms with Crippen LogP contribution in [0.25, 0.3) is 22.0 Å². The van der Waals surface area contributed by atoms with Gasteiger partial charge in [-0.05, 0) is 40.5 Å². The van der Waals surface area contributed by atoms with E-state index in [2.05, 4.69) is 10.3 Å². The minimum absolute atomic E-state index is 0.0850. The third kappa shape index (κ3) is 4.09. The molecule has 0 aliphatic rings. The van der Waals surface area contributed by atoms with Crippen molar-refractivity contribution in [2.75, 3.05) is 0 Å². The zero-order chi connectivity index (χ0) is 20.9. The van der Waals surface area contributed by atoms with Gasteiger partial charge < -0.3 is 10.3 Å². The van der Waals surface area contributed by atoms with Crippen molar-refractivity contribution in [1.82, 2.24) is 15.8 Å². The second-order valence-electron chi connectivity index (χ2n) is 7.00. The fraction of sp³-hybridized carbons (Fsp3) is 0.0833. The second kappa shape index (κ2) is 8.63. The van der Waals surface area contributed by atoms with Gasteiger partial charge in [0.2, 0.25) is 5.91 Å². The smallest absolute Gasteiger partial charge is 0.275 e. The maximum Gasteiger partial charge on any atom is 0.275 e. The van der Waals surface area contributed by atoms with Crippen LogP contribution in [-0.2, 0) is 17.8 Å². The number of aromatic nitrogens is 1. The van der Waals surface area contributed by atoms with E-state index in [1.807, 2.05) is 66.9 Å². The van der Waals surface area contributed by atoms with Crippen molar-refractivity contribution >= 4 is 22.7 Å². The average Bonchev–Trinajstić information content (AvgIpc) is 3.20. The van der Waals surface area contributed by atoms with Crippen LogP contribution in [-0.4, -0.2) is 22.0 Å². The number of carbonyl (C=O) groups is 2. The van der Waals surface area contributed by atoms with E-state index < -0.39 is 5.91 Å². The molecule has 6 heteroatoms. The summed E-state index contributed by atoms with van der Waals surface area (Å²) in [7, 11) is 0. The Labute approximate surface area is 173 Å². The van der Waals surface area contributed by atoms with Crippen LogP contribution in [0.15, 0.2) is 79.0 Å². The molecule has 4 aromatic rings. The van der Waals surface area contributed by atoms with Gasteiger partial charge >= 0.3 is 0 Å². The van der Waals surface area contributed by atoms with Crippen LogP contribution < -0.4 is 10.8 Å². The first-order valence-corrected chi connectivity index (χ1v) is 9.60. The number of fused-ring (bicyclic) bond motifs is 1. The highest BCUT2D eigenvalue weighted by Gasteiger charge is 2.14. The molecule has 30 heavy (non-hydrogen) atoms. The lowest BCUT2D eigenvalue weighted by molar-refractivity contribution is -0.120. The summed E-state index contributed by atoms with van der Waals surface area (Å²) in [6, 6.07) is 22.6. The summed E-state index contributed by atoms with van der Waals surface area (Å²) >= 11 is 0. The number of H-pyrrole nitrogens is 1. The molecule has 0 radical (unpaired) electrons. The fourth-order valence-corrected chi connectivity index (χ4v) is 3.53. The molecule has 1 heterocycles. The quantitative estimate of drug-likeness (QED) is 0.293. The highest BCUT2D eigenvalue weighted by Crippen LogP contribution is 2.25. The van der Waals surface area contributed by atoms with Crippen LogP contribution in [0.5, 0.6) is 0 Å². The van der Waals surface area contributed by atoms with E-state index in [-0.39, 0.29) is 12.3 Å². The lowest BCUT2D eigenvalue weighted by atomic mass is 9.96. The van der Waals surface area contributed by atoms with E-state index in [4.69, 9.17) is 5.21 Å². The van der Waals surface area contributed by atoms with Gasteiger partial charge in [-0.3, -0.25) is 14.8 Å². The van der Waals surface area contributed by atoms with Crippen LogP contribution in [0, 0.1) is 0 Å². The third-order valence-corrected chi connectivity index (χ3v) is 5.03. The van der Waals surface area contributed by atoms with Crippen molar-refractivity contribution in [3.8, 4) is 11.1 Å². The zero-order valence-electron chi connectivity index (χ0n) is 16.2. The Kier molecular flexibility index (Phi) is 5.59. The number of amides is 2. The number of carbonyl (C=O) groups excluding carboxylic acids is 2. The van der Waals surface area contributed by atoms with Crippen molar-refractivity contribution in [3.63, 3.8) is 0 Å². The maximum absolute atomic E-state index is 12.5. The molecule has 4 rings (SSSR count). The predicted octanol–water partition coefficient (Wildman–Crippen LogP) is 3.81. The van der Waals surface area contributed by atoms with E-state index >= 15 is 0 Å². The number of hydroxylamine groups is 1. The lowest BCUT2D eigenvalue weighted by Crippen LogP contribution is -2.25. The minimum atomic E-state index is -0.580. The summed E-state index contributed by atoms with van der Waals surface area (Å²) in [5.41, 5.74) is 6.39. The van der Waals surface area contributed by atoms with E-state index in [0.717, 1.165) is 27.6 Å². The molecule has 0 spiro atoms. The molecule has 0 atom stereocenters. The van der Waals surface area contributed by atoms with Crippen LogP contribution in [0.4, 0.5) is 0 Å². The number of hydrogen-bond acceptors (Lipinski definition) is 3. The highest BCUT2D eigenvalue weighted by molar-refractivity contribution is 6.00. The van der Waals surface area contributed by atoms with Crippen molar-refractivity contribution in [2.24, 2.45) is 0 Å².